The van der Waals surface area contributed by atoms with Gasteiger partial charge in [-0.05, 0) is 55.9 Å². The molecule has 1 amide bonds. The summed E-state index contributed by atoms with van der Waals surface area (Å²) in [6, 6.07) is 4.47. The Morgan fingerprint density at radius 3 is 2.60 bits per heavy atom. The maximum absolute atomic E-state index is 14.6. The zero-order chi connectivity index (χ0) is 25.3. The second kappa shape index (κ2) is 10.3. The average molecular weight is 526 g/mol. The van der Waals surface area contributed by atoms with Gasteiger partial charge in [0.15, 0.2) is 0 Å². The van der Waals surface area contributed by atoms with Crippen molar-refractivity contribution in [1.82, 2.24) is 14.6 Å². The largest absolute Gasteiger partial charge is 0.493 e. The number of hydrogen-bond acceptors (Lipinski definition) is 7. The number of likely N-dealkylation sites (tertiary alicyclic amines) is 1. The van der Waals surface area contributed by atoms with Gasteiger partial charge in [-0.1, -0.05) is 11.6 Å². The number of nitrogens with zero attached hydrogens (tertiary/aromatic N) is 2. The van der Waals surface area contributed by atoms with E-state index in [4.69, 9.17) is 21.1 Å². The van der Waals surface area contributed by atoms with Gasteiger partial charge in [-0.3, -0.25) is 9.69 Å². The van der Waals surface area contributed by atoms with Gasteiger partial charge in [0.2, 0.25) is 15.9 Å². The van der Waals surface area contributed by atoms with Crippen molar-refractivity contribution in [3.63, 3.8) is 0 Å². The summed E-state index contributed by atoms with van der Waals surface area (Å²) in [5, 5.41) is 0.486. The van der Waals surface area contributed by atoms with Crippen LogP contribution in [0.4, 0.5) is 4.39 Å². The van der Waals surface area contributed by atoms with Crippen LogP contribution in [0.5, 0.6) is 11.6 Å². The van der Waals surface area contributed by atoms with Crippen molar-refractivity contribution in [2.45, 2.75) is 45.3 Å². The Hall–Kier alpha value is -2.43. The summed E-state index contributed by atoms with van der Waals surface area (Å²) >= 11 is 6.27. The molecular weight excluding hydrogens is 497 g/mol. The minimum atomic E-state index is -3.79. The Labute approximate surface area is 209 Å². The number of ether oxygens (including phenoxy) is 2. The number of rotatable bonds is 10. The number of sulfonamides is 1. The molecule has 11 heteroatoms. The highest BCUT2D eigenvalue weighted by Gasteiger charge is 2.32. The van der Waals surface area contributed by atoms with E-state index in [9.17, 15) is 17.6 Å². The lowest BCUT2D eigenvalue weighted by Crippen LogP contribution is -2.48. The number of halogens is 2. The first-order valence-corrected chi connectivity index (χ1v) is 13.8. The van der Waals surface area contributed by atoms with Gasteiger partial charge < -0.3 is 9.47 Å². The molecule has 2 aliphatic rings. The molecular formula is C24H29ClFN3O5S. The van der Waals surface area contributed by atoms with Crippen LogP contribution in [0.1, 0.15) is 54.1 Å². The van der Waals surface area contributed by atoms with Crippen molar-refractivity contribution in [2.75, 3.05) is 26.0 Å². The molecule has 1 aliphatic carbocycles. The highest BCUT2D eigenvalue weighted by Crippen LogP contribution is 2.45. The zero-order valence-corrected chi connectivity index (χ0v) is 21.5. The maximum atomic E-state index is 14.6. The highest BCUT2D eigenvalue weighted by atomic mass is 35.5. The Kier molecular flexibility index (Phi) is 7.54. The van der Waals surface area contributed by atoms with Gasteiger partial charge in [0, 0.05) is 37.8 Å². The molecule has 1 saturated carbocycles. The second-order valence-electron chi connectivity index (χ2n) is 9.52. The summed E-state index contributed by atoms with van der Waals surface area (Å²) in [7, 11) is -3.79. The topological polar surface area (TPSA) is 97.8 Å². The first kappa shape index (κ1) is 25.7. The summed E-state index contributed by atoms with van der Waals surface area (Å²) in [5.41, 5.74) is 1.44. The van der Waals surface area contributed by atoms with Crippen molar-refractivity contribution in [3.8, 4) is 11.6 Å². The first-order chi connectivity index (χ1) is 16.5. The normalized spacial score (nSPS) is 16.7. The number of hydrogen-bond donors (Lipinski definition) is 1. The average Bonchev–Trinajstić information content (AvgIpc) is 3.55. The van der Waals surface area contributed by atoms with Crippen LogP contribution >= 0.6 is 11.6 Å². The van der Waals surface area contributed by atoms with Crippen molar-refractivity contribution in [1.29, 1.82) is 0 Å². The fourth-order valence-electron chi connectivity index (χ4n) is 4.05. The summed E-state index contributed by atoms with van der Waals surface area (Å²) in [6.07, 6.45) is 4.45. The summed E-state index contributed by atoms with van der Waals surface area (Å²) < 4.78 is 50.7. The maximum Gasteiger partial charge on any atom is 0.267 e. The van der Waals surface area contributed by atoms with Gasteiger partial charge in [-0.25, -0.2) is 22.5 Å². The predicted molar refractivity (Wildman–Crippen MR) is 130 cm³/mol. The van der Waals surface area contributed by atoms with E-state index in [0.717, 1.165) is 43.3 Å². The molecule has 1 saturated heterocycles. The van der Waals surface area contributed by atoms with Crippen molar-refractivity contribution >= 4 is 27.5 Å². The van der Waals surface area contributed by atoms with Crippen LogP contribution in [-0.4, -0.2) is 56.3 Å². The molecule has 0 unspecified atom stereocenters. The molecule has 1 aliphatic heterocycles. The molecule has 35 heavy (non-hydrogen) atoms. The molecule has 1 aromatic carbocycles. The van der Waals surface area contributed by atoms with E-state index < -0.39 is 21.7 Å². The van der Waals surface area contributed by atoms with Crippen LogP contribution in [-0.2, 0) is 16.6 Å². The minimum Gasteiger partial charge on any atom is -0.493 e. The molecule has 2 heterocycles. The molecule has 2 aromatic rings. The van der Waals surface area contributed by atoms with E-state index in [1.165, 1.54) is 12.1 Å². The number of benzene rings is 1. The van der Waals surface area contributed by atoms with E-state index in [1.807, 2.05) is 24.6 Å². The minimum absolute atomic E-state index is 0.00302. The molecule has 0 atom stereocenters. The fourth-order valence-corrected chi connectivity index (χ4v) is 4.73. The second-order valence-corrected chi connectivity index (χ2v) is 11.7. The van der Waals surface area contributed by atoms with E-state index >= 15 is 0 Å². The van der Waals surface area contributed by atoms with Crippen molar-refractivity contribution < 1.29 is 27.1 Å². The van der Waals surface area contributed by atoms with Gasteiger partial charge in [0.05, 0.1) is 24.5 Å². The molecule has 190 valence electrons. The fraction of sp³-hybridized carbons (Fsp3) is 0.500. The molecule has 1 aromatic heterocycles. The van der Waals surface area contributed by atoms with E-state index in [0.29, 0.717) is 29.8 Å². The molecule has 2 fully saturated rings. The summed E-state index contributed by atoms with van der Waals surface area (Å²) in [5.74, 6) is -0.477. The molecule has 1 N–H and O–H groups in total. The quantitative estimate of drug-likeness (QED) is 0.504. The van der Waals surface area contributed by atoms with Gasteiger partial charge in [-0.2, -0.15) is 0 Å². The summed E-state index contributed by atoms with van der Waals surface area (Å²) in [6.45, 7) is 6.60. The van der Waals surface area contributed by atoms with E-state index in [1.54, 1.807) is 6.20 Å². The van der Waals surface area contributed by atoms with Gasteiger partial charge in [0.25, 0.3) is 5.91 Å². The molecule has 4 rings (SSSR count). The van der Waals surface area contributed by atoms with Crippen LogP contribution in [0.15, 0.2) is 24.4 Å². The van der Waals surface area contributed by atoms with Crippen LogP contribution in [0.2, 0.25) is 5.02 Å². The van der Waals surface area contributed by atoms with Crippen molar-refractivity contribution in [3.05, 3.63) is 51.9 Å². The van der Waals surface area contributed by atoms with Crippen LogP contribution in [0.25, 0.3) is 0 Å². The molecule has 0 bridgehead atoms. The van der Waals surface area contributed by atoms with Gasteiger partial charge >= 0.3 is 0 Å². The molecule has 0 radical (unpaired) electrons. The highest BCUT2D eigenvalue weighted by molar-refractivity contribution is 7.89. The lowest BCUT2D eigenvalue weighted by atomic mass is 10.00. The van der Waals surface area contributed by atoms with Crippen LogP contribution in [0.3, 0.4) is 0 Å². The van der Waals surface area contributed by atoms with Crippen LogP contribution in [0, 0.1) is 11.7 Å². The first-order valence-electron chi connectivity index (χ1n) is 11.5. The van der Waals surface area contributed by atoms with E-state index in [2.05, 4.69) is 9.88 Å². The third-order valence-electron chi connectivity index (χ3n) is 5.76. The molecule has 0 spiro atoms. The number of pyridine rings is 1. The SMILES string of the molecule is CC(C)Oc1ncc(CN2CC(COc3cc(F)c(C(=O)NS(C)(=O)=O)cc3C3CC3)C2)cc1Cl. The predicted octanol–water partition coefficient (Wildman–Crippen LogP) is 3.74. The zero-order valence-electron chi connectivity index (χ0n) is 19.9. The number of carbonyl (C=O) groups excluding carboxylic acids is 1. The van der Waals surface area contributed by atoms with E-state index in [-0.39, 0.29) is 23.5 Å². The van der Waals surface area contributed by atoms with Gasteiger partial charge in [0.1, 0.15) is 16.6 Å². The Morgan fingerprint density at radius 1 is 1.29 bits per heavy atom. The van der Waals surface area contributed by atoms with Gasteiger partial charge in [-0.15, -0.1) is 0 Å². The van der Waals surface area contributed by atoms with Crippen LogP contribution < -0.4 is 14.2 Å². The number of nitrogens with one attached hydrogen (secondary N) is 1. The summed E-state index contributed by atoms with van der Waals surface area (Å²) in [4.78, 5) is 18.7. The number of amides is 1. The third kappa shape index (κ3) is 6.83. The lowest BCUT2D eigenvalue weighted by molar-refractivity contribution is 0.0552. The lowest BCUT2D eigenvalue weighted by Gasteiger charge is -2.39. The number of carbonyl (C=O) groups is 1. The van der Waals surface area contributed by atoms with Crippen molar-refractivity contribution in [2.24, 2.45) is 5.92 Å². The Bertz CT molecular complexity index is 1210. The Balaban J connectivity index is 1.32. The smallest absolute Gasteiger partial charge is 0.267 e. The third-order valence-corrected chi connectivity index (χ3v) is 6.59. The standard InChI is InChI=1S/C24H29ClFN3O5S/c1-14(2)34-24-20(25)6-15(9-27-24)10-29-11-16(12-29)13-33-22-8-21(26)19(7-18(22)17-4-5-17)23(30)28-35(3,31)32/h6-9,14,16-17H,4-5,10-13H2,1-3H3,(H,28,30). The monoisotopic (exact) mass is 525 g/mol. The number of aromatic nitrogens is 1. The Morgan fingerprint density at radius 2 is 2.00 bits per heavy atom. The molecule has 8 nitrogen and oxygen atoms in total.